The van der Waals surface area contributed by atoms with Crippen molar-refractivity contribution in [3.8, 4) is 11.1 Å². The van der Waals surface area contributed by atoms with Gasteiger partial charge in [0.15, 0.2) is 0 Å². The molecule has 0 radical (unpaired) electrons. The maximum Gasteiger partial charge on any atom is 0.0340 e. The molecule has 2 atom stereocenters. The zero-order valence-corrected chi connectivity index (χ0v) is 12.7. The van der Waals surface area contributed by atoms with E-state index < -0.39 is 0 Å². The number of rotatable bonds is 4. The Morgan fingerprint density at radius 2 is 1.71 bits per heavy atom. The Labute approximate surface area is 127 Å². The van der Waals surface area contributed by atoms with E-state index in [0.717, 1.165) is 13.0 Å². The van der Waals surface area contributed by atoms with E-state index in [0.29, 0.717) is 6.04 Å². The fourth-order valence-electron chi connectivity index (χ4n) is 3.19. The van der Waals surface area contributed by atoms with Crippen LogP contribution in [0, 0.1) is 5.41 Å². The zero-order valence-electron chi connectivity index (χ0n) is 12.7. The highest BCUT2D eigenvalue weighted by Crippen LogP contribution is 2.36. The van der Waals surface area contributed by atoms with Crippen LogP contribution in [0.25, 0.3) is 11.1 Å². The van der Waals surface area contributed by atoms with Crippen molar-refractivity contribution < 1.29 is 0 Å². The topological polar surface area (TPSA) is 38.0 Å². The molecular weight excluding hydrogens is 256 g/mol. The molecule has 2 heteroatoms. The summed E-state index contributed by atoms with van der Waals surface area (Å²) >= 11 is 0. The van der Waals surface area contributed by atoms with Crippen LogP contribution in [0.3, 0.4) is 0 Å². The molecule has 0 aliphatic heterocycles. The summed E-state index contributed by atoms with van der Waals surface area (Å²) in [7, 11) is 0. The lowest BCUT2D eigenvalue weighted by atomic mass is 9.85. The molecule has 1 aliphatic rings. The average Bonchev–Trinajstić information content (AvgIpc) is 2.87. The molecule has 0 spiro atoms. The highest BCUT2D eigenvalue weighted by molar-refractivity contribution is 5.65. The van der Waals surface area contributed by atoms with Crippen LogP contribution >= 0.6 is 0 Å². The molecule has 110 valence electrons. The predicted octanol–water partition coefficient (Wildman–Crippen LogP) is 4.28. The quantitative estimate of drug-likeness (QED) is 0.877. The van der Waals surface area contributed by atoms with Crippen molar-refractivity contribution >= 4 is 5.69 Å². The van der Waals surface area contributed by atoms with Crippen LogP contribution in [0.1, 0.15) is 26.2 Å². The van der Waals surface area contributed by atoms with Crippen molar-refractivity contribution in [2.24, 2.45) is 11.1 Å². The van der Waals surface area contributed by atoms with E-state index in [1.807, 2.05) is 6.07 Å². The molecule has 2 unspecified atom stereocenters. The second kappa shape index (κ2) is 5.90. The summed E-state index contributed by atoms with van der Waals surface area (Å²) < 4.78 is 0. The van der Waals surface area contributed by atoms with E-state index in [9.17, 15) is 0 Å². The number of nitrogens with one attached hydrogen (secondary N) is 1. The summed E-state index contributed by atoms with van der Waals surface area (Å²) in [5, 5.41) is 3.56. The molecule has 1 fully saturated rings. The molecule has 2 aromatic rings. The lowest BCUT2D eigenvalue weighted by molar-refractivity contribution is 0.316. The number of benzene rings is 2. The fraction of sp³-hybridized carbons (Fsp3) is 0.368. The zero-order chi connectivity index (χ0) is 14.7. The minimum atomic E-state index is 0.234. The maximum absolute atomic E-state index is 6.24. The lowest BCUT2D eigenvalue weighted by Crippen LogP contribution is -2.39. The molecule has 21 heavy (non-hydrogen) atoms. The van der Waals surface area contributed by atoms with Gasteiger partial charge in [-0.25, -0.2) is 0 Å². The van der Waals surface area contributed by atoms with Crippen LogP contribution in [0.15, 0.2) is 54.6 Å². The summed E-state index contributed by atoms with van der Waals surface area (Å²) in [5.41, 5.74) is 10.2. The fourth-order valence-corrected chi connectivity index (χ4v) is 3.19. The highest BCUT2D eigenvalue weighted by Gasteiger charge is 2.35. The molecular formula is C19H24N2. The third-order valence-electron chi connectivity index (χ3n) is 4.85. The number of anilines is 1. The van der Waals surface area contributed by atoms with Gasteiger partial charge < -0.3 is 11.1 Å². The predicted molar refractivity (Wildman–Crippen MR) is 90.3 cm³/mol. The van der Waals surface area contributed by atoms with E-state index in [1.54, 1.807) is 0 Å². The molecule has 0 bridgehead atoms. The Bertz CT molecular complexity index is 576. The van der Waals surface area contributed by atoms with Gasteiger partial charge in [0.2, 0.25) is 0 Å². The number of nitrogens with two attached hydrogens (primary N) is 1. The first-order chi connectivity index (χ1) is 10.2. The smallest absolute Gasteiger partial charge is 0.0340 e. The van der Waals surface area contributed by atoms with Gasteiger partial charge in [-0.15, -0.1) is 0 Å². The Kier molecular flexibility index (Phi) is 3.98. The molecule has 1 saturated carbocycles. The van der Waals surface area contributed by atoms with Crippen molar-refractivity contribution in [2.45, 2.75) is 32.2 Å². The van der Waals surface area contributed by atoms with Gasteiger partial charge in [0, 0.05) is 18.3 Å². The van der Waals surface area contributed by atoms with E-state index in [4.69, 9.17) is 5.73 Å². The summed E-state index contributed by atoms with van der Waals surface area (Å²) in [4.78, 5) is 0. The van der Waals surface area contributed by atoms with Gasteiger partial charge in [0.25, 0.3) is 0 Å². The monoisotopic (exact) mass is 280 g/mol. The van der Waals surface area contributed by atoms with Crippen molar-refractivity contribution in [3.05, 3.63) is 54.6 Å². The summed E-state index contributed by atoms with van der Waals surface area (Å²) in [6.07, 6.45) is 3.64. The van der Waals surface area contributed by atoms with Gasteiger partial charge in [-0.05, 0) is 41.5 Å². The Balaban J connectivity index is 1.65. The molecule has 0 saturated heterocycles. The summed E-state index contributed by atoms with van der Waals surface area (Å²) in [6.45, 7) is 3.26. The van der Waals surface area contributed by atoms with Crippen LogP contribution in [-0.4, -0.2) is 12.6 Å². The molecule has 0 aromatic heterocycles. The van der Waals surface area contributed by atoms with Gasteiger partial charge in [0.05, 0.1) is 0 Å². The van der Waals surface area contributed by atoms with Crippen LogP contribution in [0.4, 0.5) is 5.69 Å². The maximum atomic E-state index is 6.24. The van der Waals surface area contributed by atoms with E-state index in [1.165, 1.54) is 29.7 Å². The van der Waals surface area contributed by atoms with Crippen molar-refractivity contribution in [1.29, 1.82) is 0 Å². The van der Waals surface area contributed by atoms with Gasteiger partial charge in [-0.3, -0.25) is 0 Å². The average molecular weight is 280 g/mol. The Hall–Kier alpha value is -1.80. The molecule has 0 heterocycles. The molecule has 0 amide bonds. The standard InChI is InChI=1S/C19H24N2/c1-19(13-5-8-18(19)20)14-21-17-11-9-16(10-12-17)15-6-3-2-4-7-15/h2-4,6-7,9-12,18,21H,5,8,13-14,20H2,1H3. The first-order valence-electron chi connectivity index (χ1n) is 7.82. The second-order valence-corrected chi connectivity index (χ2v) is 6.45. The van der Waals surface area contributed by atoms with Crippen molar-refractivity contribution in [2.75, 3.05) is 11.9 Å². The first kappa shape index (κ1) is 14.2. The second-order valence-electron chi connectivity index (χ2n) is 6.45. The van der Waals surface area contributed by atoms with Crippen LogP contribution in [0.5, 0.6) is 0 Å². The summed E-state index contributed by atoms with van der Waals surface area (Å²) in [6, 6.07) is 19.5. The molecule has 3 N–H and O–H groups in total. The largest absolute Gasteiger partial charge is 0.384 e. The summed E-state index contributed by atoms with van der Waals surface area (Å²) in [5.74, 6) is 0. The van der Waals surface area contributed by atoms with Gasteiger partial charge in [-0.1, -0.05) is 55.8 Å². The SMILES string of the molecule is CC1(CNc2ccc(-c3ccccc3)cc2)CCCC1N. The normalized spacial score (nSPS) is 25.0. The first-order valence-corrected chi connectivity index (χ1v) is 7.82. The molecule has 2 nitrogen and oxygen atoms in total. The lowest BCUT2D eigenvalue weighted by Gasteiger charge is -2.29. The van der Waals surface area contributed by atoms with Crippen molar-refractivity contribution in [3.63, 3.8) is 0 Å². The highest BCUT2D eigenvalue weighted by atomic mass is 14.9. The third-order valence-corrected chi connectivity index (χ3v) is 4.85. The number of hydrogen-bond acceptors (Lipinski definition) is 2. The van der Waals surface area contributed by atoms with Crippen LogP contribution in [-0.2, 0) is 0 Å². The molecule has 3 rings (SSSR count). The van der Waals surface area contributed by atoms with E-state index in [2.05, 4.69) is 60.8 Å². The third kappa shape index (κ3) is 3.11. The van der Waals surface area contributed by atoms with E-state index in [-0.39, 0.29) is 5.41 Å². The van der Waals surface area contributed by atoms with Crippen molar-refractivity contribution in [1.82, 2.24) is 0 Å². The Morgan fingerprint density at radius 3 is 2.33 bits per heavy atom. The number of hydrogen-bond donors (Lipinski definition) is 2. The molecule has 2 aromatic carbocycles. The van der Waals surface area contributed by atoms with Gasteiger partial charge in [0.1, 0.15) is 0 Å². The van der Waals surface area contributed by atoms with Crippen LogP contribution in [0.2, 0.25) is 0 Å². The van der Waals surface area contributed by atoms with Gasteiger partial charge in [-0.2, -0.15) is 0 Å². The molecule has 1 aliphatic carbocycles. The minimum Gasteiger partial charge on any atom is -0.384 e. The minimum absolute atomic E-state index is 0.234. The van der Waals surface area contributed by atoms with Crippen LogP contribution < -0.4 is 11.1 Å². The Morgan fingerprint density at radius 1 is 1.05 bits per heavy atom. The van der Waals surface area contributed by atoms with Gasteiger partial charge >= 0.3 is 0 Å². The van der Waals surface area contributed by atoms with E-state index >= 15 is 0 Å².